The number of ether oxygens (including phenoxy) is 1. The second kappa shape index (κ2) is 8.73. The number of halogens is 1. The van der Waals surface area contributed by atoms with Gasteiger partial charge in [0.15, 0.2) is 0 Å². The van der Waals surface area contributed by atoms with Crippen LogP contribution in [0.15, 0.2) is 53.1 Å². The van der Waals surface area contributed by atoms with Crippen molar-refractivity contribution in [3.8, 4) is 5.75 Å². The van der Waals surface area contributed by atoms with E-state index < -0.39 is 0 Å². The number of rotatable bonds is 5. The average molecular weight is 448 g/mol. The van der Waals surface area contributed by atoms with Gasteiger partial charge in [-0.3, -0.25) is 4.79 Å². The first-order chi connectivity index (χ1) is 16.0. The molecular weight excluding hydrogens is 421 g/mol. The molecule has 0 aliphatic carbocycles. The maximum atomic E-state index is 13.7. The summed E-state index contributed by atoms with van der Waals surface area (Å²) >= 11 is 0. The minimum atomic E-state index is -0.317. The van der Waals surface area contributed by atoms with E-state index in [1.165, 1.54) is 12.1 Å². The monoisotopic (exact) mass is 447 g/mol. The second-order valence-electron chi connectivity index (χ2n) is 8.52. The number of hydrogen-bond donors (Lipinski definition) is 1. The molecule has 1 aliphatic rings. The molecule has 1 N–H and O–H groups in total. The van der Waals surface area contributed by atoms with E-state index in [4.69, 9.17) is 9.15 Å². The summed E-state index contributed by atoms with van der Waals surface area (Å²) in [6, 6.07) is 12.1. The van der Waals surface area contributed by atoms with Crippen molar-refractivity contribution < 1.29 is 18.3 Å². The van der Waals surface area contributed by atoms with Crippen LogP contribution in [-0.2, 0) is 6.42 Å². The van der Waals surface area contributed by atoms with Gasteiger partial charge in [0, 0.05) is 23.9 Å². The summed E-state index contributed by atoms with van der Waals surface area (Å²) < 4.78 is 25.1. The van der Waals surface area contributed by atoms with E-state index in [0.29, 0.717) is 24.6 Å². The SMILES string of the molecule is COc1cccc(Cc2cnc(C3CCCCN3C(=O)c3[nH]c4ccc(F)cc4c3C)o2)c1. The summed E-state index contributed by atoms with van der Waals surface area (Å²) in [6.07, 6.45) is 5.05. The van der Waals surface area contributed by atoms with Gasteiger partial charge in [-0.05, 0) is 67.6 Å². The van der Waals surface area contributed by atoms with Gasteiger partial charge in [0.25, 0.3) is 5.91 Å². The number of carbonyl (C=O) groups is 1. The fourth-order valence-electron chi connectivity index (χ4n) is 4.63. The number of oxazole rings is 1. The number of benzene rings is 2. The van der Waals surface area contributed by atoms with Gasteiger partial charge in [-0.25, -0.2) is 9.37 Å². The van der Waals surface area contributed by atoms with E-state index >= 15 is 0 Å². The number of aryl methyl sites for hydroxylation is 1. The highest BCUT2D eigenvalue weighted by atomic mass is 19.1. The van der Waals surface area contributed by atoms with Crippen LogP contribution in [0.3, 0.4) is 0 Å². The molecule has 1 atom stereocenters. The Bertz CT molecular complexity index is 1310. The molecule has 0 saturated carbocycles. The smallest absolute Gasteiger partial charge is 0.271 e. The Hall–Kier alpha value is -3.61. The minimum absolute atomic E-state index is 0.110. The molecule has 0 spiro atoms. The van der Waals surface area contributed by atoms with Gasteiger partial charge in [0.2, 0.25) is 5.89 Å². The van der Waals surface area contributed by atoms with Crippen LogP contribution in [0.5, 0.6) is 5.75 Å². The Kier molecular flexibility index (Phi) is 5.62. The highest BCUT2D eigenvalue weighted by Gasteiger charge is 2.33. The molecule has 1 saturated heterocycles. The van der Waals surface area contributed by atoms with E-state index in [1.807, 2.05) is 36.1 Å². The topological polar surface area (TPSA) is 71.4 Å². The molecule has 5 rings (SSSR count). The van der Waals surface area contributed by atoms with Crippen LogP contribution in [0, 0.1) is 12.7 Å². The largest absolute Gasteiger partial charge is 0.497 e. The molecule has 33 heavy (non-hydrogen) atoms. The molecule has 4 aromatic rings. The fraction of sp³-hybridized carbons (Fsp3) is 0.308. The molecule has 0 radical (unpaired) electrons. The van der Waals surface area contributed by atoms with E-state index in [-0.39, 0.29) is 17.8 Å². The number of methoxy groups -OCH3 is 1. The summed E-state index contributed by atoms with van der Waals surface area (Å²) in [5, 5.41) is 0.726. The highest BCUT2D eigenvalue weighted by molar-refractivity contribution is 6.01. The summed E-state index contributed by atoms with van der Waals surface area (Å²) in [4.78, 5) is 23.1. The van der Waals surface area contributed by atoms with Crippen LogP contribution < -0.4 is 4.74 Å². The van der Waals surface area contributed by atoms with Gasteiger partial charge in [-0.1, -0.05) is 12.1 Å². The number of fused-ring (bicyclic) bond motifs is 1. The normalized spacial score (nSPS) is 16.3. The Balaban J connectivity index is 1.40. The molecule has 1 unspecified atom stereocenters. The number of nitrogens with one attached hydrogen (secondary N) is 1. The van der Waals surface area contributed by atoms with Crippen LogP contribution >= 0.6 is 0 Å². The van der Waals surface area contributed by atoms with E-state index in [1.54, 1.807) is 19.4 Å². The van der Waals surface area contributed by atoms with E-state index in [0.717, 1.165) is 52.8 Å². The number of H-pyrrole nitrogens is 1. The maximum absolute atomic E-state index is 13.7. The third-order valence-electron chi connectivity index (χ3n) is 6.37. The first-order valence-electron chi connectivity index (χ1n) is 11.2. The number of amides is 1. The van der Waals surface area contributed by atoms with Crippen LogP contribution in [0.1, 0.15) is 58.6 Å². The van der Waals surface area contributed by atoms with Crippen molar-refractivity contribution in [3.63, 3.8) is 0 Å². The molecule has 2 aromatic heterocycles. The zero-order chi connectivity index (χ0) is 22.9. The van der Waals surface area contributed by atoms with Gasteiger partial charge in [0.1, 0.15) is 29.1 Å². The molecule has 1 fully saturated rings. The lowest BCUT2D eigenvalue weighted by Gasteiger charge is -2.33. The predicted molar refractivity (Wildman–Crippen MR) is 123 cm³/mol. The zero-order valence-corrected chi connectivity index (χ0v) is 18.7. The summed E-state index contributed by atoms with van der Waals surface area (Å²) in [7, 11) is 1.64. The van der Waals surface area contributed by atoms with Crippen molar-refractivity contribution in [2.75, 3.05) is 13.7 Å². The first kappa shape index (κ1) is 21.2. The first-order valence-corrected chi connectivity index (χ1v) is 11.2. The Morgan fingerprint density at radius 2 is 2.15 bits per heavy atom. The Morgan fingerprint density at radius 3 is 3.00 bits per heavy atom. The average Bonchev–Trinajstić information content (AvgIpc) is 3.43. The highest BCUT2D eigenvalue weighted by Crippen LogP contribution is 2.34. The number of aromatic nitrogens is 2. The lowest BCUT2D eigenvalue weighted by atomic mass is 10.0. The molecule has 170 valence electrons. The third-order valence-corrected chi connectivity index (χ3v) is 6.37. The zero-order valence-electron chi connectivity index (χ0n) is 18.7. The molecule has 0 bridgehead atoms. The van der Waals surface area contributed by atoms with Crippen LogP contribution in [-0.4, -0.2) is 34.4 Å². The Morgan fingerprint density at radius 1 is 1.27 bits per heavy atom. The number of nitrogens with zero attached hydrogens (tertiary/aromatic N) is 2. The Labute approximate surface area is 191 Å². The van der Waals surface area contributed by atoms with Gasteiger partial charge in [-0.2, -0.15) is 0 Å². The minimum Gasteiger partial charge on any atom is -0.497 e. The number of likely N-dealkylation sites (tertiary alicyclic amines) is 1. The number of hydrogen-bond acceptors (Lipinski definition) is 4. The van der Waals surface area contributed by atoms with Gasteiger partial charge in [-0.15, -0.1) is 0 Å². The van der Waals surface area contributed by atoms with Crippen molar-refractivity contribution in [3.05, 3.63) is 83.0 Å². The van der Waals surface area contributed by atoms with Gasteiger partial charge >= 0.3 is 0 Å². The molecule has 3 heterocycles. The maximum Gasteiger partial charge on any atom is 0.271 e. The van der Waals surface area contributed by atoms with Crippen LogP contribution in [0.4, 0.5) is 4.39 Å². The molecule has 7 heteroatoms. The van der Waals surface area contributed by atoms with Crippen molar-refractivity contribution >= 4 is 16.8 Å². The van der Waals surface area contributed by atoms with Crippen molar-refractivity contribution in [2.24, 2.45) is 0 Å². The van der Waals surface area contributed by atoms with Crippen molar-refractivity contribution in [1.29, 1.82) is 0 Å². The van der Waals surface area contributed by atoms with Crippen LogP contribution in [0.25, 0.3) is 10.9 Å². The van der Waals surface area contributed by atoms with Gasteiger partial charge in [0.05, 0.1) is 13.3 Å². The standard InChI is InChI=1S/C26H26FN3O3/c1-16-21-14-18(27)9-10-22(21)29-24(16)26(31)30-11-4-3-8-23(30)25-28-15-20(33-25)13-17-6-5-7-19(12-17)32-2/h5-7,9-10,12,14-15,23,29H,3-4,8,11,13H2,1-2H3. The number of piperidine rings is 1. The summed E-state index contributed by atoms with van der Waals surface area (Å²) in [5.74, 6) is 1.67. The molecule has 1 amide bonds. The quantitative estimate of drug-likeness (QED) is 0.434. The second-order valence-corrected chi connectivity index (χ2v) is 8.52. The molecular formula is C26H26FN3O3. The predicted octanol–water partition coefficient (Wildman–Crippen LogP) is 5.57. The van der Waals surface area contributed by atoms with Gasteiger partial charge < -0.3 is 19.0 Å². The summed E-state index contributed by atoms with van der Waals surface area (Å²) in [5.41, 5.74) is 3.06. The van der Waals surface area contributed by atoms with Crippen LogP contribution in [0.2, 0.25) is 0 Å². The summed E-state index contributed by atoms with van der Waals surface area (Å²) in [6.45, 7) is 2.47. The molecule has 2 aromatic carbocycles. The number of aromatic amines is 1. The third kappa shape index (κ3) is 4.11. The lowest BCUT2D eigenvalue weighted by Crippen LogP contribution is -2.39. The van der Waals surface area contributed by atoms with E-state index in [9.17, 15) is 9.18 Å². The molecule has 1 aliphatic heterocycles. The number of carbonyl (C=O) groups excluding carboxylic acids is 1. The fourth-order valence-corrected chi connectivity index (χ4v) is 4.63. The van der Waals surface area contributed by atoms with E-state index in [2.05, 4.69) is 9.97 Å². The lowest BCUT2D eigenvalue weighted by molar-refractivity contribution is 0.0564. The molecule has 6 nitrogen and oxygen atoms in total. The van der Waals surface area contributed by atoms with Crippen molar-refractivity contribution in [2.45, 2.75) is 38.6 Å². The van der Waals surface area contributed by atoms with Crippen molar-refractivity contribution in [1.82, 2.24) is 14.9 Å².